The van der Waals surface area contributed by atoms with Crippen LogP contribution in [-0.4, -0.2) is 56.7 Å². The summed E-state index contributed by atoms with van der Waals surface area (Å²) in [6.45, 7) is 3.43. The summed E-state index contributed by atoms with van der Waals surface area (Å²) < 4.78 is 5.64. The maximum atomic E-state index is 12.1. The molecular formula is C19H29N3O2. The van der Waals surface area contributed by atoms with E-state index in [2.05, 4.69) is 16.7 Å². The summed E-state index contributed by atoms with van der Waals surface area (Å²) in [5, 5.41) is 7.33. The second kappa shape index (κ2) is 8.10. The molecule has 1 amide bonds. The van der Waals surface area contributed by atoms with E-state index >= 15 is 0 Å². The lowest BCUT2D eigenvalue weighted by Gasteiger charge is -2.33. The molecule has 2 N–H and O–H groups in total. The van der Waals surface area contributed by atoms with E-state index < -0.39 is 0 Å². The average molecular weight is 331 g/mol. The molecule has 5 heteroatoms. The minimum atomic E-state index is 0.0548. The van der Waals surface area contributed by atoms with Gasteiger partial charge in [0.15, 0.2) is 0 Å². The molecular weight excluding hydrogens is 302 g/mol. The van der Waals surface area contributed by atoms with Gasteiger partial charge in [0.05, 0.1) is 13.2 Å². The van der Waals surface area contributed by atoms with Gasteiger partial charge in [0.1, 0.15) is 0 Å². The van der Waals surface area contributed by atoms with Crippen LogP contribution in [-0.2, 0) is 11.3 Å². The van der Waals surface area contributed by atoms with Crippen LogP contribution < -0.4 is 10.6 Å². The van der Waals surface area contributed by atoms with E-state index in [9.17, 15) is 4.79 Å². The SMILES string of the molecule is CN(C)C(=O)c1cccc(CNC2CCCC2C2COCCN2)c1. The zero-order valence-corrected chi connectivity index (χ0v) is 14.8. The highest BCUT2D eigenvalue weighted by atomic mass is 16.5. The minimum Gasteiger partial charge on any atom is -0.379 e. The predicted molar refractivity (Wildman–Crippen MR) is 95.0 cm³/mol. The molecule has 2 aliphatic rings. The van der Waals surface area contributed by atoms with Gasteiger partial charge < -0.3 is 20.3 Å². The van der Waals surface area contributed by atoms with Crippen molar-refractivity contribution in [3.63, 3.8) is 0 Å². The molecule has 5 nitrogen and oxygen atoms in total. The molecule has 1 aromatic rings. The van der Waals surface area contributed by atoms with Gasteiger partial charge in [-0.2, -0.15) is 0 Å². The van der Waals surface area contributed by atoms with Gasteiger partial charge in [-0.3, -0.25) is 4.79 Å². The van der Waals surface area contributed by atoms with Crippen LogP contribution in [0.1, 0.15) is 35.2 Å². The van der Waals surface area contributed by atoms with Gasteiger partial charge in [-0.25, -0.2) is 0 Å². The third kappa shape index (κ3) is 4.15. The standard InChI is InChI=1S/C19H29N3O2/c1-22(2)19(23)15-6-3-5-14(11-15)12-21-17-8-4-7-16(17)18-13-24-10-9-20-18/h3,5-6,11,16-18,20-21H,4,7-10,12-13H2,1-2H3. The molecule has 1 aliphatic carbocycles. The molecule has 3 unspecified atom stereocenters. The van der Waals surface area contributed by atoms with Crippen LogP contribution in [0.5, 0.6) is 0 Å². The summed E-state index contributed by atoms with van der Waals surface area (Å²) in [5.41, 5.74) is 1.92. The molecule has 132 valence electrons. The van der Waals surface area contributed by atoms with Gasteiger partial charge in [0, 0.05) is 44.8 Å². The molecule has 0 spiro atoms. The number of morpholine rings is 1. The number of ether oxygens (including phenoxy) is 1. The summed E-state index contributed by atoms with van der Waals surface area (Å²) in [4.78, 5) is 13.7. The Bertz CT molecular complexity index is 555. The Morgan fingerprint density at radius 2 is 2.25 bits per heavy atom. The number of nitrogens with zero attached hydrogens (tertiary/aromatic N) is 1. The van der Waals surface area contributed by atoms with Crippen LogP contribution in [0.2, 0.25) is 0 Å². The largest absolute Gasteiger partial charge is 0.379 e. The van der Waals surface area contributed by atoms with Crippen LogP contribution in [0, 0.1) is 5.92 Å². The first-order chi connectivity index (χ1) is 11.6. The molecule has 0 aromatic heterocycles. The first kappa shape index (κ1) is 17.4. The summed E-state index contributed by atoms with van der Waals surface area (Å²) in [6, 6.07) is 8.94. The summed E-state index contributed by atoms with van der Waals surface area (Å²) >= 11 is 0. The van der Waals surface area contributed by atoms with Crippen molar-refractivity contribution in [3.05, 3.63) is 35.4 Å². The smallest absolute Gasteiger partial charge is 0.253 e. The monoisotopic (exact) mass is 331 g/mol. The number of amides is 1. The molecule has 3 rings (SSSR count). The lowest BCUT2D eigenvalue weighted by atomic mass is 9.94. The summed E-state index contributed by atoms with van der Waals surface area (Å²) in [7, 11) is 3.57. The van der Waals surface area contributed by atoms with E-state index in [-0.39, 0.29) is 5.91 Å². The zero-order chi connectivity index (χ0) is 16.9. The molecule has 2 fully saturated rings. The lowest BCUT2D eigenvalue weighted by Crippen LogP contribution is -2.50. The zero-order valence-electron chi connectivity index (χ0n) is 14.8. The maximum Gasteiger partial charge on any atom is 0.253 e. The van der Waals surface area contributed by atoms with Crippen LogP contribution in [0.15, 0.2) is 24.3 Å². The highest BCUT2D eigenvalue weighted by Crippen LogP contribution is 2.29. The van der Waals surface area contributed by atoms with Crippen LogP contribution in [0.25, 0.3) is 0 Å². The predicted octanol–water partition coefficient (Wildman–Crippen LogP) is 1.64. The van der Waals surface area contributed by atoms with Crippen LogP contribution in [0.3, 0.4) is 0 Å². The Hall–Kier alpha value is -1.43. The highest BCUT2D eigenvalue weighted by Gasteiger charge is 2.34. The van der Waals surface area contributed by atoms with Crippen molar-refractivity contribution in [2.24, 2.45) is 5.92 Å². The van der Waals surface area contributed by atoms with Crippen molar-refractivity contribution in [1.29, 1.82) is 0 Å². The van der Waals surface area contributed by atoms with E-state index in [1.165, 1.54) is 24.8 Å². The first-order valence-electron chi connectivity index (χ1n) is 9.00. The molecule has 24 heavy (non-hydrogen) atoms. The van der Waals surface area contributed by atoms with Crippen molar-refractivity contribution < 1.29 is 9.53 Å². The Balaban J connectivity index is 1.58. The van der Waals surface area contributed by atoms with E-state index in [1.807, 2.05) is 18.2 Å². The summed E-state index contributed by atoms with van der Waals surface area (Å²) in [5.74, 6) is 0.691. The van der Waals surface area contributed by atoms with Crippen molar-refractivity contribution in [2.45, 2.75) is 37.9 Å². The van der Waals surface area contributed by atoms with Crippen LogP contribution in [0.4, 0.5) is 0 Å². The van der Waals surface area contributed by atoms with Crippen molar-refractivity contribution in [1.82, 2.24) is 15.5 Å². The Kier molecular flexibility index (Phi) is 5.87. The third-order valence-electron chi connectivity index (χ3n) is 5.19. The average Bonchev–Trinajstić information content (AvgIpc) is 3.09. The van der Waals surface area contributed by atoms with E-state index in [4.69, 9.17) is 4.74 Å². The second-order valence-electron chi connectivity index (χ2n) is 7.12. The van der Waals surface area contributed by atoms with Crippen molar-refractivity contribution in [3.8, 4) is 0 Å². The maximum absolute atomic E-state index is 12.1. The number of rotatable bonds is 5. The van der Waals surface area contributed by atoms with Gasteiger partial charge in [-0.15, -0.1) is 0 Å². The van der Waals surface area contributed by atoms with E-state index in [0.29, 0.717) is 18.0 Å². The van der Waals surface area contributed by atoms with Gasteiger partial charge >= 0.3 is 0 Å². The molecule has 3 atom stereocenters. The highest BCUT2D eigenvalue weighted by molar-refractivity contribution is 5.94. The molecule has 1 aromatic carbocycles. The number of benzene rings is 1. The normalized spacial score (nSPS) is 27.2. The topological polar surface area (TPSA) is 53.6 Å². The van der Waals surface area contributed by atoms with Gasteiger partial charge in [0.2, 0.25) is 0 Å². The molecule has 1 heterocycles. The molecule has 1 saturated heterocycles. The Morgan fingerprint density at radius 3 is 3.00 bits per heavy atom. The second-order valence-corrected chi connectivity index (χ2v) is 7.12. The third-order valence-corrected chi connectivity index (χ3v) is 5.19. The number of nitrogens with one attached hydrogen (secondary N) is 2. The number of hydrogen-bond acceptors (Lipinski definition) is 4. The van der Waals surface area contributed by atoms with E-state index in [1.54, 1.807) is 19.0 Å². The van der Waals surface area contributed by atoms with E-state index in [0.717, 1.165) is 31.9 Å². The number of hydrogen-bond donors (Lipinski definition) is 2. The minimum absolute atomic E-state index is 0.0548. The van der Waals surface area contributed by atoms with Gasteiger partial charge in [-0.1, -0.05) is 18.6 Å². The number of carbonyl (C=O) groups excluding carboxylic acids is 1. The number of carbonyl (C=O) groups is 1. The fourth-order valence-corrected chi connectivity index (χ4v) is 3.91. The van der Waals surface area contributed by atoms with Crippen molar-refractivity contribution in [2.75, 3.05) is 33.9 Å². The Labute approximate surface area is 144 Å². The van der Waals surface area contributed by atoms with Gasteiger partial charge in [0.25, 0.3) is 5.91 Å². The molecule has 0 radical (unpaired) electrons. The van der Waals surface area contributed by atoms with Crippen LogP contribution >= 0.6 is 0 Å². The van der Waals surface area contributed by atoms with Crippen molar-refractivity contribution >= 4 is 5.91 Å². The molecule has 1 aliphatic heterocycles. The fourth-order valence-electron chi connectivity index (χ4n) is 3.91. The lowest BCUT2D eigenvalue weighted by molar-refractivity contribution is 0.0524. The van der Waals surface area contributed by atoms with Gasteiger partial charge in [-0.05, 0) is 36.5 Å². The molecule has 0 bridgehead atoms. The summed E-state index contributed by atoms with van der Waals surface area (Å²) in [6.07, 6.45) is 3.76. The quantitative estimate of drug-likeness (QED) is 0.861. The first-order valence-corrected chi connectivity index (χ1v) is 9.00. The fraction of sp³-hybridized carbons (Fsp3) is 0.632. The molecule has 1 saturated carbocycles. The Morgan fingerprint density at radius 1 is 1.38 bits per heavy atom.